The number of aromatic nitrogens is 4. The largest absolute Gasteiger partial charge is 0.336 e. The molecule has 10 heteroatoms. The fourth-order valence-electron chi connectivity index (χ4n) is 9.03. The van der Waals surface area contributed by atoms with Gasteiger partial charge >= 0.3 is 0 Å². The molecule has 2 saturated heterocycles. The van der Waals surface area contributed by atoms with Crippen LogP contribution in [0.15, 0.2) is 122 Å². The van der Waals surface area contributed by atoms with Gasteiger partial charge in [0.1, 0.15) is 23.7 Å². The maximum atomic E-state index is 14.0. The highest BCUT2D eigenvalue weighted by Gasteiger charge is 2.39. The number of aryl methyl sites for hydroxylation is 2. The molecule has 0 aliphatic carbocycles. The Bertz CT molecular complexity index is 2180. The highest BCUT2D eigenvalue weighted by atomic mass is 16.2. The zero-order chi connectivity index (χ0) is 40.5. The van der Waals surface area contributed by atoms with E-state index in [1.165, 1.54) is 0 Å². The van der Waals surface area contributed by atoms with Crippen LogP contribution >= 0.6 is 0 Å². The second-order valence-corrected chi connectivity index (χ2v) is 16.3. The van der Waals surface area contributed by atoms with Crippen molar-refractivity contribution in [3.63, 3.8) is 0 Å². The first-order chi connectivity index (χ1) is 28.1. The molecule has 58 heavy (non-hydrogen) atoms. The summed E-state index contributed by atoms with van der Waals surface area (Å²) in [6.45, 7) is 1.45. The normalized spacial score (nSPS) is 18.0. The third kappa shape index (κ3) is 7.62. The summed E-state index contributed by atoms with van der Waals surface area (Å²) in [5, 5.41) is 0. The number of likely N-dealkylation sites (N-methyl/N-ethyl adjacent to an activating group) is 2. The van der Waals surface area contributed by atoms with Crippen LogP contribution < -0.4 is 0 Å². The van der Waals surface area contributed by atoms with E-state index in [1.54, 1.807) is 0 Å². The summed E-state index contributed by atoms with van der Waals surface area (Å²) in [6.07, 6.45) is 7.85. The third-order valence-corrected chi connectivity index (χ3v) is 11.9. The molecular formula is C48H54N8O2. The van der Waals surface area contributed by atoms with Gasteiger partial charge in [0.25, 0.3) is 0 Å². The Morgan fingerprint density at radius 3 is 1.22 bits per heavy atom. The number of imidazole rings is 2. The van der Waals surface area contributed by atoms with E-state index in [4.69, 9.17) is 9.97 Å². The molecule has 4 heterocycles. The van der Waals surface area contributed by atoms with Crippen LogP contribution in [0.25, 0.3) is 33.6 Å². The van der Waals surface area contributed by atoms with Gasteiger partial charge in [-0.25, -0.2) is 9.97 Å². The number of benzene rings is 4. The second kappa shape index (κ2) is 16.6. The van der Waals surface area contributed by atoms with Crippen molar-refractivity contribution in [2.24, 2.45) is 14.1 Å². The quantitative estimate of drug-likeness (QED) is 0.132. The minimum Gasteiger partial charge on any atom is -0.336 e. The third-order valence-electron chi connectivity index (χ3n) is 11.9. The van der Waals surface area contributed by atoms with E-state index < -0.39 is 0 Å². The number of likely N-dealkylation sites (tertiary alicyclic amines) is 2. The summed E-state index contributed by atoms with van der Waals surface area (Å²) in [7, 11) is 11.9. The van der Waals surface area contributed by atoms with Crippen LogP contribution in [0.1, 0.15) is 72.6 Å². The monoisotopic (exact) mass is 774 g/mol. The van der Waals surface area contributed by atoms with E-state index in [0.29, 0.717) is 0 Å². The number of rotatable bonds is 11. The van der Waals surface area contributed by atoms with Crippen molar-refractivity contribution in [3.8, 4) is 33.6 Å². The SMILES string of the molecule is CN(C)C(C(=O)N1CCC[C@H]1c1nc(-c2ccc(-c3ccc(-c4cn(C)c([C@@H]5CCCN5C(=O)[C@@H](c5ccccc5)N(C)C)n4)cc3)cc2)cn1C)c1ccccc1. The molecule has 10 nitrogen and oxygen atoms in total. The lowest BCUT2D eigenvalue weighted by molar-refractivity contribution is -0.138. The van der Waals surface area contributed by atoms with Crippen molar-refractivity contribution in [1.82, 2.24) is 38.7 Å². The van der Waals surface area contributed by atoms with E-state index in [0.717, 1.165) is 95.2 Å². The molecule has 0 N–H and O–H groups in total. The van der Waals surface area contributed by atoms with Gasteiger partial charge in [-0.1, -0.05) is 109 Å². The molecule has 1 unspecified atom stereocenters. The van der Waals surface area contributed by atoms with Crippen molar-refractivity contribution < 1.29 is 9.59 Å². The van der Waals surface area contributed by atoms with Crippen molar-refractivity contribution in [2.75, 3.05) is 41.3 Å². The lowest BCUT2D eigenvalue weighted by atomic mass is 10.0. The minimum atomic E-state index is -0.341. The molecule has 0 bridgehead atoms. The van der Waals surface area contributed by atoms with E-state index in [-0.39, 0.29) is 36.0 Å². The van der Waals surface area contributed by atoms with Gasteiger partial charge in [0.15, 0.2) is 0 Å². The van der Waals surface area contributed by atoms with Crippen molar-refractivity contribution in [1.29, 1.82) is 0 Å². The summed E-state index contributed by atoms with van der Waals surface area (Å²) in [5.41, 5.74) is 8.11. The van der Waals surface area contributed by atoms with E-state index in [2.05, 4.69) is 70.1 Å². The Kier molecular flexibility index (Phi) is 11.1. The maximum absolute atomic E-state index is 14.0. The van der Waals surface area contributed by atoms with Crippen LogP contribution in [0.3, 0.4) is 0 Å². The topological polar surface area (TPSA) is 82.7 Å². The van der Waals surface area contributed by atoms with E-state index in [1.807, 2.05) is 123 Å². The van der Waals surface area contributed by atoms with Crippen molar-refractivity contribution in [2.45, 2.75) is 49.9 Å². The highest BCUT2D eigenvalue weighted by Crippen LogP contribution is 2.38. The van der Waals surface area contributed by atoms with Crippen LogP contribution in [0.5, 0.6) is 0 Å². The Morgan fingerprint density at radius 1 is 0.534 bits per heavy atom. The number of hydrogen-bond donors (Lipinski definition) is 0. The molecule has 2 aromatic heterocycles. The van der Waals surface area contributed by atoms with Gasteiger partial charge in [0, 0.05) is 50.7 Å². The lowest BCUT2D eigenvalue weighted by Gasteiger charge is -2.32. The minimum absolute atomic E-state index is 0.0694. The van der Waals surface area contributed by atoms with Crippen LogP contribution in [0.2, 0.25) is 0 Å². The molecule has 0 spiro atoms. The number of nitrogens with zero attached hydrogens (tertiary/aromatic N) is 8. The number of carbonyl (C=O) groups is 2. The van der Waals surface area contributed by atoms with Gasteiger partial charge in [0.05, 0.1) is 23.5 Å². The molecule has 4 aromatic carbocycles. The molecule has 6 aromatic rings. The molecule has 2 amide bonds. The van der Waals surface area contributed by atoms with Crippen molar-refractivity contribution in [3.05, 3.63) is 144 Å². The molecule has 0 radical (unpaired) electrons. The zero-order valence-electron chi connectivity index (χ0n) is 34.5. The van der Waals surface area contributed by atoms with E-state index in [9.17, 15) is 9.59 Å². The molecule has 0 saturated carbocycles. The molecule has 8 rings (SSSR count). The Balaban J connectivity index is 0.960. The van der Waals surface area contributed by atoms with E-state index >= 15 is 0 Å². The fraction of sp³-hybridized carbons (Fsp3) is 0.333. The van der Waals surface area contributed by atoms with Gasteiger partial charge in [-0.3, -0.25) is 19.4 Å². The Labute approximate surface area is 342 Å². The molecule has 4 atom stereocenters. The summed E-state index contributed by atoms with van der Waals surface area (Å²) in [6, 6.07) is 36.3. The van der Waals surface area contributed by atoms with Gasteiger partial charge in [-0.05, 0) is 76.1 Å². The smallest absolute Gasteiger partial charge is 0.245 e. The van der Waals surface area contributed by atoms with Gasteiger partial charge in [-0.15, -0.1) is 0 Å². The molecular weight excluding hydrogens is 721 g/mol. The molecule has 298 valence electrons. The molecule has 2 aliphatic heterocycles. The predicted octanol–water partition coefficient (Wildman–Crippen LogP) is 8.09. The van der Waals surface area contributed by atoms with Crippen LogP contribution in [-0.4, -0.2) is 91.8 Å². The summed E-state index contributed by atoms with van der Waals surface area (Å²) >= 11 is 0. The van der Waals surface area contributed by atoms with Crippen molar-refractivity contribution >= 4 is 11.8 Å². The van der Waals surface area contributed by atoms with Crippen LogP contribution in [-0.2, 0) is 23.7 Å². The summed E-state index contributed by atoms with van der Waals surface area (Å²) < 4.78 is 4.17. The standard InChI is InChI=1S/C48H54N8O2/c1-51(2)43(37-15-9-7-10-16-37)47(57)55-29-13-19-41(55)45-49-39(31-53(45)5)35-25-21-33(22-26-35)34-23-27-36(28-24-34)40-32-54(6)46(50-40)42-20-14-30-56(42)48(58)44(52(3)4)38-17-11-8-12-18-38/h7-12,15-18,21-28,31-32,41-44H,13-14,19-20,29-30H2,1-6H3/t41-,42-,43+,44?/m0/s1. The first kappa shape index (κ1) is 39.0. The maximum Gasteiger partial charge on any atom is 0.245 e. The first-order valence-corrected chi connectivity index (χ1v) is 20.4. The predicted molar refractivity (Wildman–Crippen MR) is 229 cm³/mol. The van der Waals surface area contributed by atoms with Gasteiger partial charge < -0.3 is 18.9 Å². The number of carbonyl (C=O) groups excluding carboxylic acids is 2. The fourth-order valence-corrected chi connectivity index (χ4v) is 9.03. The van der Waals surface area contributed by atoms with Crippen LogP contribution in [0, 0.1) is 0 Å². The van der Waals surface area contributed by atoms with Gasteiger partial charge in [-0.2, -0.15) is 0 Å². The Hall–Kier alpha value is -5.84. The number of amides is 2. The van der Waals surface area contributed by atoms with Gasteiger partial charge in [0.2, 0.25) is 11.8 Å². The molecule has 2 aliphatic rings. The summed E-state index contributed by atoms with van der Waals surface area (Å²) in [5.74, 6) is 2.07. The lowest BCUT2D eigenvalue weighted by Crippen LogP contribution is -2.40. The highest BCUT2D eigenvalue weighted by molar-refractivity contribution is 5.85. The second-order valence-electron chi connectivity index (χ2n) is 16.3. The average molecular weight is 775 g/mol. The molecule has 2 fully saturated rings. The Morgan fingerprint density at radius 2 is 0.879 bits per heavy atom. The first-order valence-electron chi connectivity index (χ1n) is 20.4. The average Bonchev–Trinajstić information content (AvgIpc) is 4.05. The summed E-state index contributed by atoms with van der Waals surface area (Å²) in [4.78, 5) is 46.4. The van der Waals surface area contributed by atoms with Crippen LogP contribution in [0.4, 0.5) is 0 Å². The number of hydrogen-bond acceptors (Lipinski definition) is 6. The zero-order valence-corrected chi connectivity index (χ0v) is 34.5.